The number of aliphatic imine (C=N–C) groups is 1. The second-order valence-corrected chi connectivity index (χ2v) is 6.92. The Hall–Kier alpha value is -1.64. The van der Waals surface area contributed by atoms with Crippen LogP contribution in [0.1, 0.15) is 51.2 Å². The highest BCUT2D eigenvalue weighted by Crippen LogP contribution is 2.08. The van der Waals surface area contributed by atoms with Gasteiger partial charge in [-0.1, -0.05) is 51.0 Å². The van der Waals surface area contributed by atoms with Crippen LogP contribution in [-0.2, 0) is 13.1 Å². The van der Waals surface area contributed by atoms with E-state index in [4.69, 9.17) is 4.99 Å². The quantitative estimate of drug-likeness (QED) is 0.233. The third kappa shape index (κ3) is 9.74. The Balaban J connectivity index is 0.00000364. The van der Waals surface area contributed by atoms with Gasteiger partial charge in [-0.05, 0) is 30.4 Å². The number of nitrogens with one attached hydrogen (secondary N) is 2. The molecule has 0 fully saturated rings. The Morgan fingerprint density at radius 1 is 1.19 bits per heavy atom. The molecule has 0 saturated heterocycles. The second kappa shape index (κ2) is 13.5. The van der Waals surface area contributed by atoms with E-state index in [9.17, 15) is 0 Å². The molecular formula is C20H33IN6. The molecule has 0 aliphatic rings. The van der Waals surface area contributed by atoms with Crippen molar-refractivity contribution in [3.63, 3.8) is 0 Å². The van der Waals surface area contributed by atoms with E-state index >= 15 is 0 Å². The van der Waals surface area contributed by atoms with Crippen molar-refractivity contribution in [2.24, 2.45) is 10.9 Å². The van der Waals surface area contributed by atoms with Gasteiger partial charge in [0, 0.05) is 13.1 Å². The summed E-state index contributed by atoms with van der Waals surface area (Å²) in [5.74, 6) is 1.67. The number of nitrogens with zero attached hydrogens (tertiary/aromatic N) is 4. The molecule has 0 spiro atoms. The molecule has 1 aromatic carbocycles. The first kappa shape index (κ1) is 23.4. The van der Waals surface area contributed by atoms with Crippen LogP contribution in [0.3, 0.4) is 0 Å². The van der Waals surface area contributed by atoms with Crippen LogP contribution in [0.4, 0.5) is 0 Å². The summed E-state index contributed by atoms with van der Waals surface area (Å²) >= 11 is 0. The minimum absolute atomic E-state index is 0. The van der Waals surface area contributed by atoms with Crippen molar-refractivity contribution >= 4 is 29.9 Å². The normalized spacial score (nSPS) is 11.3. The van der Waals surface area contributed by atoms with Crippen LogP contribution < -0.4 is 10.6 Å². The van der Waals surface area contributed by atoms with Gasteiger partial charge in [0.2, 0.25) is 0 Å². The Bertz CT molecular complexity index is 654. The fraction of sp³-hybridized carbons (Fsp3) is 0.550. The molecule has 0 unspecified atom stereocenters. The van der Waals surface area contributed by atoms with E-state index < -0.39 is 0 Å². The highest BCUT2D eigenvalue weighted by atomic mass is 127. The Morgan fingerprint density at radius 2 is 2.00 bits per heavy atom. The highest BCUT2D eigenvalue weighted by molar-refractivity contribution is 14.0. The van der Waals surface area contributed by atoms with E-state index in [1.165, 1.54) is 30.4 Å². The van der Waals surface area contributed by atoms with Crippen molar-refractivity contribution in [1.82, 2.24) is 25.4 Å². The van der Waals surface area contributed by atoms with Gasteiger partial charge in [-0.3, -0.25) is 0 Å². The van der Waals surface area contributed by atoms with Gasteiger partial charge in [0.25, 0.3) is 0 Å². The lowest BCUT2D eigenvalue weighted by atomic mass is 10.1. The van der Waals surface area contributed by atoms with E-state index in [1.54, 1.807) is 12.7 Å². The summed E-state index contributed by atoms with van der Waals surface area (Å²) in [6.45, 7) is 9.86. The van der Waals surface area contributed by atoms with E-state index in [-0.39, 0.29) is 24.0 Å². The predicted molar refractivity (Wildman–Crippen MR) is 122 cm³/mol. The molecule has 0 atom stereocenters. The summed E-state index contributed by atoms with van der Waals surface area (Å²) in [5.41, 5.74) is 2.40. The summed E-state index contributed by atoms with van der Waals surface area (Å²) in [7, 11) is 0. The summed E-state index contributed by atoms with van der Waals surface area (Å²) in [6, 6.07) is 8.47. The number of aromatic nitrogens is 3. The van der Waals surface area contributed by atoms with E-state index in [2.05, 4.69) is 65.8 Å². The lowest BCUT2D eigenvalue weighted by molar-refractivity contribution is 0.534. The van der Waals surface area contributed by atoms with E-state index in [0.29, 0.717) is 6.54 Å². The third-order valence-electron chi connectivity index (χ3n) is 4.07. The Morgan fingerprint density at radius 3 is 2.70 bits per heavy atom. The predicted octanol–water partition coefficient (Wildman–Crippen LogP) is 3.83. The Labute approximate surface area is 180 Å². The van der Waals surface area contributed by atoms with Gasteiger partial charge in [0.1, 0.15) is 12.7 Å². The molecule has 0 aliphatic carbocycles. The van der Waals surface area contributed by atoms with Gasteiger partial charge < -0.3 is 10.6 Å². The molecule has 1 aromatic heterocycles. The molecule has 27 heavy (non-hydrogen) atoms. The maximum Gasteiger partial charge on any atom is 0.191 e. The molecule has 0 amide bonds. The van der Waals surface area contributed by atoms with Crippen LogP contribution in [0.15, 0.2) is 41.9 Å². The van der Waals surface area contributed by atoms with Crippen LogP contribution in [0.5, 0.6) is 0 Å². The fourth-order valence-electron chi connectivity index (χ4n) is 2.72. The fourth-order valence-corrected chi connectivity index (χ4v) is 2.72. The number of hydrogen-bond donors (Lipinski definition) is 2. The lowest BCUT2D eigenvalue weighted by Crippen LogP contribution is -2.37. The highest BCUT2D eigenvalue weighted by Gasteiger charge is 2.01. The maximum atomic E-state index is 4.71. The van der Waals surface area contributed by atoms with E-state index in [1.807, 2.05) is 4.68 Å². The largest absolute Gasteiger partial charge is 0.357 e. The van der Waals surface area contributed by atoms with Crippen molar-refractivity contribution in [3.8, 4) is 0 Å². The van der Waals surface area contributed by atoms with Crippen molar-refractivity contribution in [3.05, 3.63) is 48.0 Å². The standard InChI is InChI=1S/C20H32N6.HI/c1-4-22-20(23-11-6-5-8-17(2)3)24-13-18-9-7-10-19(12-18)14-26-16-21-15-25-26;/h7,9-10,12,15-17H,4-6,8,11,13-14H2,1-3H3,(H2,22,23,24);1H. The van der Waals surface area contributed by atoms with Crippen LogP contribution >= 0.6 is 24.0 Å². The molecular weight excluding hydrogens is 451 g/mol. The molecule has 2 rings (SSSR count). The molecule has 1 heterocycles. The van der Waals surface area contributed by atoms with Crippen molar-refractivity contribution in [2.45, 2.75) is 53.1 Å². The molecule has 0 saturated carbocycles. The first-order chi connectivity index (χ1) is 12.7. The summed E-state index contributed by atoms with van der Waals surface area (Å²) in [6.07, 6.45) is 7.01. The molecule has 0 aliphatic heterocycles. The molecule has 2 aromatic rings. The molecule has 0 bridgehead atoms. The molecule has 150 valence electrons. The lowest BCUT2D eigenvalue weighted by Gasteiger charge is -2.12. The monoisotopic (exact) mass is 484 g/mol. The van der Waals surface area contributed by atoms with Gasteiger partial charge in [-0.15, -0.1) is 24.0 Å². The SMILES string of the molecule is CCNC(=NCc1cccc(Cn2cncn2)c1)NCCCCC(C)C.I. The molecule has 6 nitrogen and oxygen atoms in total. The summed E-state index contributed by atoms with van der Waals surface area (Å²) in [5, 5.41) is 10.9. The van der Waals surface area contributed by atoms with Gasteiger partial charge in [-0.25, -0.2) is 14.7 Å². The number of unbranched alkanes of at least 4 members (excludes halogenated alkanes) is 1. The average Bonchev–Trinajstić information content (AvgIpc) is 3.12. The topological polar surface area (TPSA) is 67.1 Å². The smallest absolute Gasteiger partial charge is 0.191 e. The van der Waals surface area contributed by atoms with Gasteiger partial charge in [-0.2, -0.15) is 5.10 Å². The van der Waals surface area contributed by atoms with Crippen molar-refractivity contribution in [2.75, 3.05) is 13.1 Å². The summed E-state index contributed by atoms with van der Waals surface area (Å²) < 4.78 is 1.82. The van der Waals surface area contributed by atoms with Crippen LogP contribution in [0.2, 0.25) is 0 Å². The van der Waals surface area contributed by atoms with Gasteiger partial charge >= 0.3 is 0 Å². The molecule has 7 heteroatoms. The first-order valence-electron chi connectivity index (χ1n) is 9.59. The zero-order chi connectivity index (χ0) is 18.6. The van der Waals surface area contributed by atoms with E-state index in [0.717, 1.165) is 31.5 Å². The van der Waals surface area contributed by atoms with Crippen molar-refractivity contribution < 1.29 is 0 Å². The first-order valence-corrected chi connectivity index (χ1v) is 9.59. The number of guanidine groups is 1. The maximum absolute atomic E-state index is 4.71. The minimum atomic E-state index is 0. The number of rotatable bonds is 10. The van der Waals surface area contributed by atoms with Gasteiger partial charge in [0.05, 0.1) is 13.1 Å². The third-order valence-corrected chi connectivity index (χ3v) is 4.07. The molecule has 0 radical (unpaired) electrons. The van der Waals surface area contributed by atoms with Crippen LogP contribution in [0.25, 0.3) is 0 Å². The Kier molecular flexibility index (Phi) is 11.7. The van der Waals surface area contributed by atoms with Gasteiger partial charge in [0.15, 0.2) is 5.96 Å². The number of halogens is 1. The molecule has 2 N–H and O–H groups in total. The number of hydrogen-bond acceptors (Lipinski definition) is 3. The zero-order valence-electron chi connectivity index (χ0n) is 16.7. The van der Waals surface area contributed by atoms with Crippen molar-refractivity contribution in [1.29, 1.82) is 0 Å². The zero-order valence-corrected chi connectivity index (χ0v) is 19.0. The second-order valence-electron chi connectivity index (χ2n) is 6.92. The number of benzene rings is 1. The summed E-state index contributed by atoms with van der Waals surface area (Å²) in [4.78, 5) is 8.70. The average molecular weight is 484 g/mol. The minimum Gasteiger partial charge on any atom is -0.357 e. The van der Waals surface area contributed by atoms with Crippen LogP contribution in [0, 0.1) is 5.92 Å². The van der Waals surface area contributed by atoms with Crippen LogP contribution in [-0.4, -0.2) is 33.8 Å².